The van der Waals surface area contributed by atoms with Crippen molar-refractivity contribution < 1.29 is 19.5 Å². The number of piperidine rings is 1. The predicted octanol–water partition coefficient (Wildman–Crippen LogP) is 0.874. The summed E-state index contributed by atoms with van der Waals surface area (Å²) in [6.07, 6.45) is 0.815. The van der Waals surface area contributed by atoms with E-state index >= 15 is 0 Å². The Hall–Kier alpha value is -2.37. The SMILES string of the molecule is CN(C(=O)C1CCC(=O)NC1)c1ccccc1C(=O)O. The maximum absolute atomic E-state index is 12.4. The molecule has 6 heteroatoms. The highest BCUT2D eigenvalue weighted by molar-refractivity contribution is 6.02. The summed E-state index contributed by atoms with van der Waals surface area (Å²) in [5.74, 6) is -1.61. The van der Waals surface area contributed by atoms with Crippen LogP contribution in [0.4, 0.5) is 5.69 Å². The molecule has 0 spiro atoms. The Labute approximate surface area is 116 Å². The van der Waals surface area contributed by atoms with Gasteiger partial charge in [0, 0.05) is 20.0 Å². The zero-order valence-corrected chi connectivity index (χ0v) is 11.1. The first-order chi connectivity index (χ1) is 9.50. The van der Waals surface area contributed by atoms with Crippen molar-refractivity contribution in [3.05, 3.63) is 29.8 Å². The number of nitrogens with one attached hydrogen (secondary N) is 1. The average molecular weight is 276 g/mol. The second-order valence-corrected chi connectivity index (χ2v) is 4.76. The summed E-state index contributed by atoms with van der Waals surface area (Å²) in [7, 11) is 1.56. The van der Waals surface area contributed by atoms with Crippen molar-refractivity contribution in [3.63, 3.8) is 0 Å². The van der Waals surface area contributed by atoms with Crippen LogP contribution >= 0.6 is 0 Å². The van der Waals surface area contributed by atoms with E-state index in [9.17, 15) is 14.4 Å². The summed E-state index contributed by atoms with van der Waals surface area (Å²) in [5, 5.41) is 11.8. The van der Waals surface area contributed by atoms with E-state index in [1.54, 1.807) is 25.2 Å². The number of para-hydroxylation sites is 1. The Kier molecular flexibility index (Phi) is 4.02. The number of nitrogens with zero attached hydrogens (tertiary/aromatic N) is 1. The van der Waals surface area contributed by atoms with Crippen molar-refractivity contribution in [2.45, 2.75) is 12.8 Å². The van der Waals surface area contributed by atoms with Gasteiger partial charge in [-0.2, -0.15) is 0 Å². The molecule has 1 heterocycles. The van der Waals surface area contributed by atoms with Gasteiger partial charge in [0.1, 0.15) is 0 Å². The maximum Gasteiger partial charge on any atom is 0.337 e. The Balaban J connectivity index is 2.19. The van der Waals surface area contributed by atoms with Gasteiger partial charge in [-0.1, -0.05) is 12.1 Å². The van der Waals surface area contributed by atoms with Gasteiger partial charge in [-0.05, 0) is 18.6 Å². The van der Waals surface area contributed by atoms with E-state index in [4.69, 9.17) is 5.11 Å². The molecule has 0 bridgehead atoms. The molecule has 2 rings (SSSR count). The van der Waals surface area contributed by atoms with Crippen LogP contribution in [0.5, 0.6) is 0 Å². The summed E-state index contributed by atoms with van der Waals surface area (Å²) in [5.41, 5.74) is 0.449. The second-order valence-electron chi connectivity index (χ2n) is 4.76. The molecule has 106 valence electrons. The molecular formula is C14H16N2O4. The zero-order valence-electron chi connectivity index (χ0n) is 11.1. The quantitative estimate of drug-likeness (QED) is 0.857. The number of rotatable bonds is 3. The largest absolute Gasteiger partial charge is 0.478 e. The van der Waals surface area contributed by atoms with E-state index in [-0.39, 0.29) is 23.3 Å². The van der Waals surface area contributed by atoms with Crippen molar-refractivity contribution in [3.8, 4) is 0 Å². The number of anilines is 1. The lowest BCUT2D eigenvalue weighted by atomic mass is 9.97. The Morgan fingerprint density at radius 3 is 2.65 bits per heavy atom. The highest BCUT2D eigenvalue weighted by Crippen LogP contribution is 2.23. The monoisotopic (exact) mass is 276 g/mol. The minimum absolute atomic E-state index is 0.0531. The third-order valence-electron chi connectivity index (χ3n) is 3.44. The molecular weight excluding hydrogens is 260 g/mol. The number of carbonyl (C=O) groups is 3. The summed E-state index contributed by atoms with van der Waals surface area (Å²) < 4.78 is 0. The van der Waals surface area contributed by atoms with Crippen LogP contribution in [0.3, 0.4) is 0 Å². The number of carbonyl (C=O) groups excluding carboxylic acids is 2. The molecule has 0 aromatic heterocycles. The zero-order chi connectivity index (χ0) is 14.7. The summed E-state index contributed by atoms with van der Waals surface area (Å²) >= 11 is 0. The lowest BCUT2D eigenvalue weighted by Gasteiger charge is -2.27. The third kappa shape index (κ3) is 2.79. The molecule has 1 atom stereocenters. The van der Waals surface area contributed by atoms with E-state index < -0.39 is 5.97 Å². The number of carboxylic acid groups (broad SMARTS) is 1. The van der Waals surface area contributed by atoms with E-state index in [0.717, 1.165) is 0 Å². The number of amides is 2. The molecule has 2 N–H and O–H groups in total. The van der Waals surface area contributed by atoms with Crippen LogP contribution < -0.4 is 10.2 Å². The van der Waals surface area contributed by atoms with E-state index in [2.05, 4.69) is 5.32 Å². The van der Waals surface area contributed by atoms with Crippen LogP contribution in [0.2, 0.25) is 0 Å². The number of aromatic carboxylic acids is 1. The van der Waals surface area contributed by atoms with Gasteiger partial charge in [-0.3, -0.25) is 9.59 Å². The van der Waals surface area contributed by atoms with E-state index in [0.29, 0.717) is 25.1 Å². The minimum atomic E-state index is -1.07. The molecule has 0 aliphatic carbocycles. The van der Waals surface area contributed by atoms with Crippen LogP contribution in [0, 0.1) is 5.92 Å². The fourth-order valence-electron chi connectivity index (χ4n) is 2.28. The van der Waals surface area contributed by atoms with Crippen molar-refractivity contribution >= 4 is 23.5 Å². The molecule has 0 radical (unpaired) electrons. The Bertz CT molecular complexity index is 546. The molecule has 1 aromatic rings. The van der Waals surface area contributed by atoms with Gasteiger partial charge >= 0.3 is 5.97 Å². The molecule has 1 aliphatic rings. The molecule has 20 heavy (non-hydrogen) atoms. The van der Waals surface area contributed by atoms with Crippen molar-refractivity contribution in [1.29, 1.82) is 0 Å². The van der Waals surface area contributed by atoms with Gasteiger partial charge < -0.3 is 15.3 Å². The standard InChI is InChI=1S/C14H16N2O4/c1-16(11-5-3-2-4-10(11)14(19)20)13(18)9-6-7-12(17)15-8-9/h2-5,9H,6-8H2,1H3,(H,15,17)(H,19,20). The molecule has 1 saturated heterocycles. The number of carboxylic acids is 1. The third-order valence-corrected chi connectivity index (χ3v) is 3.44. The predicted molar refractivity (Wildman–Crippen MR) is 72.5 cm³/mol. The van der Waals surface area contributed by atoms with Crippen LogP contribution in [0.1, 0.15) is 23.2 Å². The fourth-order valence-corrected chi connectivity index (χ4v) is 2.28. The molecule has 1 fully saturated rings. The lowest BCUT2D eigenvalue weighted by molar-refractivity contribution is -0.127. The molecule has 1 unspecified atom stereocenters. The van der Waals surface area contributed by atoms with Gasteiger partial charge in [-0.15, -0.1) is 0 Å². The fraction of sp³-hybridized carbons (Fsp3) is 0.357. The van der Waals surface area contributed by atoms with Crippen molar-refractivity contribution in [1.82, 2.24) is 5.32 Å². The number of hydrogen-bond donors (Lipinski definition) is 2. The highest BCUT2D eigenvalue weighted by Gasteiger charge is 2.28. The average Bonchev–Trinajstić information content (AvgIpc) is 2.46. The van der Waals surface area contributed by atoms with Gasteiger partial charge in [0.2, 0.25) is 11.8 Å². The molecule has 1 aliphatic heterocycles. The van der Waals surface area contributed by atoms with Gasteiger partial charge in [0.05, 0.1) is 17.2 Å². The highest BCUT2D eigenvalue weighted by atomic mass is 16.4. The Morgan fingerprint density at radius 1 is 1.35 bits per heavy atom. The number of benzene rings is 1. The summed E-state index contributed by atoms with van der Waals surface area (Å²) in [4.78, 5) is 36.0. The second kappa shape index (κ2) is 5.73. The first-order valence-corrected chi connectivity index (χ1v) is 6.37. The topological polar surface area (TPSA) is 86.7 Å². The van der Waals surface area contributed by atoms with Crippen LogP contribution in [0.25, 0.3) is 0 Å². The van der Waals surface area contributed by atoms with Crippen LogP contribution in [0.15, 0.2) is 24.3 Å². The summed E-state index contributed by atoms with van der Waals surface area (Å²) in [6.45, 7) is 0.303. The molecule has 1 aromatic carbocycles. The lowest BCUT2D eigenvalue weighted by Crippen LogP contribution is -2.44. The number of hydrogen-bond acceptors (Lipinski definition) is 3. The normalized spacial score (nSPS) is 18.2. The molecule has 6 nitrogen and oxygen atoms in total. The Morgan fingerprint density at radius 2 is 2.05 bits per heavy atom. The molecule has 2 amide bonds. The van der Waals surface area contributed by atoms with Gasteiger partial charge in [0.15, 0.2) is 0 Å². The van der Waals surface area contributed by atoms with Gasteiger partial charge in [-0.25, -0.2) is 4.79 Å². The van der Waals surface area contributed by atoms with Crippen LogP contribution in [-0.4, -0.2) is 36.5 Å². The van der Waals surface area contributed by atoms with Gasteiger partial charge in [0.25, 0.3) is 0 Å². The van der Waals surface area contributed by atoms with Crippen molar-refractivity contribution in [2.24, 2.45) is 5.92 Å². The van der Waals surface area contributed by atoms with Crippen LogP contribution in [-0.2, 0) is 9.59 Å². The smallest absolute Gasteiger partial charge is 0.337 e. The maximum atomic E-state index is 12.4. The minimum Gasteiger partial charge on any atom is -0.478 e. The van der Waals surface area contributed by atoms with E-state index in [1.165, 1.54) is 11.0 Å². The first kappa shape index (κ1) is 14.0. The van der Waals surface area contributed by atoms with E-state index in [1.807, 2.05) is 0 Å². The molecule has 0 saturated carbocycles. The summed E-state index contributed by atoms with van der Waals surface area (Å²) in [6, 6.07) is 6.37. The van der Waals surface area contributed by atoms with Crippen molar-refractivity contribution in [2.75, 3.05) is 18.5 Å². The first-order valence-electron chi connectivity index (χ1n) is 6.37.